The number of likely N-dealkylation sites (tertiary alicyclic amines) is 2. The van der Waals surface area contributed by atoms with Gasteiger partial charge in [-0.15, -0.1) is 0 Å². The van der Waals surface area contributed by atoms with Crippen molar-refractivity contribution in [2.24, 2.45) is 5.92 Å². The molecule has 5 nitrogen and oxygen atoms in total. The van der Waals surface area contributed by atoms with Crippen LogP contribution in [0.4, 0.5) is 0 Å². The number of amides is 2. The third-order valence-electron chi connectivity index (χ3n) is 7.34. The number of allylic oxidation sites excluding steroid dienone is 1. The van der Waals surface area contributed by atoms with Gasteiger partial charge in [-0.3, -0.25) is 14.5 Å². The molecule has 1 aromatic rings. The first-order valence-corrected chi connectivity index (χ1v) is 12.1. The maximum atomic E-state index is 13.4. The van der Waals surface area contributed by atoms with Gasteiger partial charge in [0.1, 0.15) is 6.04 Å². The molecule has 4 rings (SSSR count). The molecule has 1 N–H and O–H groups in total. The van der Waals surface area contributed by atoms with Gasteiger partial charge in [-0.1, -0.05) is 42.7 Å². The van der Waals surface area contributed by atoms with E-state index in [1.807, 2.05) is 35.2 Å². The van der Waals surface area contributed by atoms with Crippen molar-refractivity contribution in [3.63, 3.8) is 0 Å². The Balaban J connectivity index is 1.41. The quantitative estimate of drug-likeness (QED) is 0.728. The second-order valence-electron chi connectivity index (χ2n) is 9.81. The van der Waals surface area contributed by atoms with Gasteiger partial charge >= 0.3 is 0 Å². The van der Waals surface area contributed by atoms with Crippen LogP contribution >= 0.6 is 0 Å². The van der Waals surface area contributed by atoms with E-state index in [-0.39, 0.29) is 29.9 Å². The number of piperidine rings is 1. The maximum absolute atomic E-state index is 13.4. The van der Waals surface area contributed by atoms with E-state index in [2.05, 4.69) is 30.1 Å². The zero-order chi connectivity index (χ0) is 21.8. The lowest BCUT2D eigenvalue weighted by molar-refractivity contribution is -0.126. The molecular formula is C26H37N3O2. The normalized spacial score (nSPS) is 26.9. The first-order chi connectivity index (χ1) is 15.0. The Labute approximate surface area is 186 Å². The number of hydrogen-bond donors (Lipinski definition) is 1. The van der Waals surface area contributed by atoms with Crippen molar-refractivity contribution in [1.82, 2.24) is 15.1 Å². The fraction of sp³-hybridized carbons (Fsp3) is 0.615. The van der Waals surface area contributed by atoms with Crippen molar-refractivity contribution in [2.45, 2.75) is 76.9 Å². The number of benzene rings is 1. The Bertz CT molecular complexity index is 794. The highest BCUT2D eigenvalue weighted by Crippen LogP contribution is 2.40. The second kappa shape index (κ2) is 9.99. The average molecular weight is 424 g/mol. The first kappa shape index (κ1) is 22.1. The van der Waals surface area contributed by atoms with Crippen LogP contribution in [0.1, 0.15) is 69.2 Å². The molecule has 3 unspecified atom stereocenters. The molecule has 0 spiro atoms. The number of nitrogens with zero attached hydrogens (tertiary/aromatic N) is 2. The van der Waals surface area contributed by atoms with Crippen molar-refractivity contribution in [3.05, 3.63) is 47.5 Å². The molecule has 3 fully saturated rings. The molecule has 1 aliphatic carbocycles. The van der Waals surface area contributed by atoms with Crippen molar-refractivity contribution in [2.75, 3.05) is 19.6 Å². The average Bonchev–Trinajstić information content (AvgIpc) is 3.18. The lowest BCUT2D eigenvalue weighted by Crippen LogP contribution is -2.53. The lowest BCUT2D eigenvalue weighted by Gasteiger charge is -2.35. The summed E-state index contributed by atoms with van der Waals surface area (Å²) < 4.78 is 0. The second-order valence-corrected chi connectivity index (χ2v) is 9.81. The van der Waals surface area contributed by atoms with Gasteiger partial charge in [-0.2, -0.15) is 0 Å². The van der Waals surface area contributed by atoms with E-state index in [4.69, 9.17) is 0 Å². The molecule has 0 radical (unpaired) electrons. The minimum atomic E-state index is -0.329. The Morgan fingerprint density at radius 2 is 1.74 bits per heavy atom. The molecule has 2 amide bonds. The Morgan fingerprint density at radius 3 is 2.45 bits per heavy atom. The van der Waals surface area contributed by atoms with Gasteiger partial charge < -0.3 is 10.2 Å². The van der Waals surface area contributed by atoms with Crippen LogP contribution < -0.4 is 5.32 Å². The molecule has 3 aliphatic rings. The van der Waals surface area contributed by atoms with E-state index in [9.17, 15) is 9.59 Å². The van der Waals surface area contributed by atoms with E-state index in [1.54, 1.807) is 0 Å². The minimum absolute atomic E-state index is 0.0201. The van der Waals surface area contributed by atoms with E-state index in [1.165, 1.54) is 12.0 Å². The van der Waals surface area contributed by atoms with Gasteiger partial charge in [0.15, 0.2) is 0 Å². The molecule has 0 bridgehead atoms. The smallest absolute Gasteiger partial charge is 0.254 e. The molecule has 31 heavy (non-hydrogen) atoms. The van der Waals surface area contributed by atoms with Crippen molar-refractivity contribution in [1.29, 1.82) is 0 Å². The zero-order valence-corrected chi connectivity index (χ0v) is 19.1. The molecule has 168 valence electrons. The number of carbonyl (C=O) groups excluding carboxylic acids is 2. The van der Waals surface area contributed by atoms with Crippen LogP contribution in [0, 0.1) is 5.92 Å². The number of hydrogen-bond acceptors (Lipinski definition) is 3. The highest BCUT2D eigenvalue weighted by atomic mass is 16.2. The van der Waals surface area contributed by atoms with Gasteiger partial charge in [0.05, 0.1) is 0 Å². The fourth-order valence-corrected chi connectivity index (χ4v) is 5.58. The maximum Gasteiger partial charge on any atom is 0.254 e. The van der Waals surface area contributed by atoms with E-state index < -0.39 is 0 Å². The van der Waals surface area contributed by atoms with Gasteiger partial charge in [0.2, 0.25) is 5.91 Å². The standard InChI is InChI=1S/C26H37N3O2/c1-19(2)12-15-28-16-13-22(14-17-28)27-25(30)24-18-21-10-6-7-11-23(21)29(24)26(31)20-8-4-3-5-9-20/h3-5,8-9,12,21-24H,6-7,10-11,13-18H2,1-2H3,(H,27,30). The largest absolute Gasteiger partial charge is 0.351 e. The van der Waals surface area contributed by atoms with E-state index in [0.717, 1.165) is 58.2 Å². The van der Waals surface area contributed by atoms with Crippen LogP contribution in [0.15, 0.2) is 42.0 Å². The lowest BCUT2D eigenvalue weighted by atomic mass is 9.84. The molecule has 5 heteroatoms. The monoisotopic (exact) mass is 423 g/mol. The summed E-state index contributed by atoms with van der Waals surface area (Å²) in [5, 5.41) is 3.32. The third-order valence-corrected chi connectivity index (χ3v) is 7.34. The topological polar surface area (TPSA) is 52.7 Å². The molecule has 2 saturated heterocycles. The van der Waals surface area contributed by atoms with Gasteiger partial charge in [-0.05, 0) is 64.0 Å². The van der Waals surface area contributed by atoms with E-state index in [0.29, 0.717) is 11.5 Å². The molecular weight excluding hydrogens is 386 g/mol. The summed E-state index contributed by atoms with van der Waals surface area (Å²) in [5.41, 5.74) is 2.04. The van der Waals surface area contributed by atoms with Gasteiger partial charge in [0, 0.05) is 37.3 Å². The predicted molar refractivity (Wildman–Crippen MR) is 124 cm³/mol. The summed E-state index contributed by atoms with van der Waals surface area (Å²) in [6.45, 7) is 7.28. The molecule has 1 aromatic carbocycles. The first-order valence-electron chi connectivity index (χ1n) is 12.1. The summed E-state index contributed by atoms with van der Waals surface area (Å²) in [7, 11) is 0. The molecule has 0 aromatic heterocycles. The summed E-state index contributed by atoms with van der Waals surface area (Å²) >= 11 is 0. The highest BCUT2D eigenvalue weighted by Gasteiger charge is 2.47. The summed E-state index contributed by atoms with van der Waals surface area (Å²) in [5.74, 6) is 0.538. The van der Waals surface area contributed by atoms with Gasteiger partial charge in [-0.25, -0.2) is 0 Å². The Hall–Kier alpha value is -2.14. The number of carbonyl (C=O) groups is 2. The Kier molecular flexibility index (Phi) is 7.11. The SMILES string of the molecule is CC(C)=CCN1CCC(NC(=O)C2CC3CCCCC3N2C(=O)c2ccccc2)CC1. The van der Waals surface area contributed by atoms with Crippen LogP contribution in [0.5, 0.6) is 0 Å². The zero-order valence-electron chi connectivity index (χ0n) is 19.1. The molecule has 2 heterocycles. The van der Waals surface area contributed by atoms with Crippen LogP contribution in [-0.4, -0.2) is 59.4 Å². The minimum Gasteiger partial charge on any atom is -0.351 e. The molecule has 2 aliphatic heterocycles. The summed E-state index contributed by atoms with van der Waals surface area (Å²) in [6.07, 6.45) is 9.57. The van der Waals surface area contributed by atoms with Gasteiger partial charge in [0.25, 0.3) is 5.91 Å². The van der Waals surface area contributed by atoms with Crippen LogP contribution in [-0.2, 0) is 4.79 Å². The third kappa shape index (κ3) is 5.20. The summed E-state index contributed by atoms with van der Waals surface area (Å²) in [4.78, 5) is 31.2. The number of rotatable bonds is 5. The van der Waals surface area contributed by atoms with Crippen molar-refractivity contribution in [3.8, 4) is 0 Å². The molecule has 3 atom stereocenters. The van der Waals surface area contributed by atoms with Crippen LogP contribution in [0.3, 0.4) is 0 Å². The molecule has 1 saturated carbocycles. The van der Waals surface area contributed by atoms with Crippen molar-refractivity contribution < 1.29 is 9.59 Å². The van der Waals surface area contributed by atoms with Crippen LogP contribution in [0.25, 0.3) is 0 Å². The van der Waals surface area contributed by atoms with Crippen LogP contribution in [0.2, 0.25) is 0 Å². The fourth-order valence-electron chi connectivity index (χ4n) is 5.58. The predicted octanol–water partition coefficient (Wildman–Crippen LogP) is 4.01. The highest BCUT2D eigenvalue weighted by molar-refractivity contribution is 5.98. The van der Waals surface area contributed by atoms with Crippen molar-refractivity contribution >= 4 is 11.8 Å². The number of nitrogens with one attached hydrogen (secondary N) is 1. The van der Waals surface area contributed by atoms with E-state index >= 15 is 0 Å². The number of fused-ring (bicyclic) bond motifs is 1. The summed E-state index contributed by atoms with van der Waals surface area (Å²) in [6, 6.07) is 9.57. The Morgan fingerprint density at radius 1 is 1.03 bits per heavy atom.